The highest BCUT2D eigenvalue weighted by atomic mass is 79.9. The number of para-hydroxylation sites is 1. The third kappa shape index (κ3) is 7.34. The first-order valence-corrected chi connectivity index (χ1v) is 9.58. The first kappa shape index (κ1) is 21.9. The van der Waals surface area contributed by atoms with Crippen molar-refractivity contribution < 1.29 is 19.1 Å². The molecule has 28 heavy (non-hydrogen) atoms. The molecule has 148 valence electrons. The number of aryl methyl sites for hydroxylation is 1. The van der Waals surface area contributed by atoms with E-state index in [-0.39, 0.29) is 18.3 Å². The lowest BCUT2D eigenvalue weighted by molar-refractivity contribution is -0.124. The van der Waals surface area contributed by atoms with Crippen LogP contribution in [0.3, 0.4) is 0 Å². The molecule has 10 heteroatoms. The first-order valence-electron chi connectivity index (χ1n) is 8.00. The van der Waals surface area contributed by atoms with Crippen LogP contribution >= 0.6 is 39.7 Å². The molecule has 0 aliphatic heterocycles. The van der Waals surface area contributed by atoms with Gasteiger partial charge in [-0.3, -0.25) is 25.8 Å². The van der Waals surface area contributed by atoms with Gasteiger partial charge in [-0.2, -0.15) is 0 Å². The van der Waals surface area contributed by atoms with Crippen LogP contribution in [-0.4, -0.2) is 30.1 Å². The minimum Gasteiger partial charge on any atom is -0.483 e. The zero-order valence-electron chi connectivity index (χ0n) is 14.8. The number of rotatable bonds is 6. The molecule has 0 saturated carbocycles. The zero-order valence-corrected chi connectivity index (χ0v) is 17.9. The van der Waals surface area contributed by atoms with Gasteiger partial charge in [0.25, 0.3) is 11.8 Å². The number of hydrazine groups is 1. The topological polar surface area (TPSA) is 88.7 Å². The van der Waals surface area contributed by atoms with Crippen LogP contribution in [0.25, 0.3) is 0 Å². The summed E-state index contributed by atoms with van der Waals surface area (Å²) >= 11 is 14.2. The number of carbonyl (C=O) groups excluding carboxylic acids is 2. The Hall–Kier alpha value is -2.36. The summed E-state index contributed by atoms with van der Waals surface area (Å²) in [5, 5.41) is 2.71. The molecule has 0 aliphatic rings. The maximum absolute atomic E-state index is 11.9. The number of benzene rings is 2. The molecule has 0 fully saturated rings. The third-order valence-electron chi connectivity index (χ3n) is 3.26. The van der Waals surface area contributed by atoms with Gasteiger partial charge >= 0.3 is 0 Å². The summed E-state index contributed by atoms with van der Waals surface area (Å²) in [7, 11) is 0. The number of amides is 2. The molecule has 0 aliphatic carbocycles. The molecule has 2 rings (SSSR count). The average Bonchev–Trinajstić information content (AvgIpc) is 2.65. The number of hydrogen-bond acceptors (Lipinski definition) is 5. The van der Waals surface area contributed by atoms with E-state index in [9.17, 15) is 9.59 Å². The molecular formula is C18H17BrClN3O4S. The molecule has 2 aromatic carbocycles. The van der Waals surface area contributed by atoms with E-state index in [1.807, 2.05) is 19.1 Å². The minimum atomic E-state index is -0.502. The van der Waals surface area contributed by atoms with E-state index in [0.29, 0.717) is 16.5 Å². The number of carbonyl (C=O) groups is 2. The second-order valence-corrected chi connectivity index (χ2v) is 7.20. The molecule has 0 atom stereocenters. The van der Waals surface area contributed by atoms with Crippen molar-refractivity contribution >= 4 is 56.7 Å². The van der Waals surface area contributed by atoms with Gasteiger partial charge in [0.15, 0.2) is 18.3 Å². The fourth-order valence-corrected chi connectivity index (χ4v) is 2.81. The second kappa shape index (κ2) is 10.8. The Morgan fingerprint density at radius 2 is 1.71 bits per heavy atom. The van der Waals surface area contributed by atoms with E-state index in [4.69, 9.17) is 33.3 Å². The Balaban J connectivity index is 1.67. The smallest absolute Gasteiger partial charge is 0.276 e. The molecule has 3 N–H and O–H groups in total. The summed E-state index contributed by atoms with van der Waals surface area (Å²) in [6.07, 6.45) is 0. The van der Waals surface area contributed by atoms with Crippen molar-refractivity contribution in [1.82, 2.24) is 16.2 Å². The zero-order chi connectivity index (χ0) is 20.5. The molecule has 2 amide bonds. The molecule has 0 spiro atoms. The summed E-state index contributed by atoms with van der Waals surface area (Å²) < 4.78 is 11.6. The Bertz CT molecular complexity index is 882. The number of hydrogen-bond donors (Lipinski definition) is 3. The van der Waals surface area contributed by atoms with Crippen molar-refractivity contribution in [2.45, 2.75) is 6.92 Å². The van der Waals surface area contributed by atoms with Gasteiger partial charge in [-0.25, -0.2) is 0 Å². The molecule has 7 nitrogen and oxygen atoms in total. The van der Waals surface area contributed by atoms with Crippen molar-refractivity contribution in [2.24, 2.45) is 0 Å². The van der Waals surface area contributed by atoms with Gasteiger partial charge in [0.2, 0.25) is 0 Å². The lowest BCUT2D eigenvalue weighted by Crippen LogP contribution is -2.50. The highest BCUT2D eigenvalue weighted by molar-refractivity contribution is 9.10. The van der Waals surface area contributed by atoms with Gasteiger partial charge < -0.3 is 9.47 Å². The van der Waals surface area contributed by atoms with E-state index in [0.717, 1.165) is 10.0 Å². The summed E-state index contributed by atoms with van der Waals surface area (Å²) in [6, 6.07) is 12.2. The summed E-state index contributed by atoms with van der Waals surface area (Å²) in [6.45, 7) is 1.36. The van der Waals surface area contributed by atoms with Crippen LogP contribution in [-0.2, 0) is 9.59 Å². The van der Waals surface area contributed by atoms with Gasteiger partial charge in [-0.15, -0.1) is 0 Å². The Morgan fingerprint density at radius 1 is 1.04 bits per heavy atom. The van der Waals surface area contributed by atoms with Crippen LogP contribution < -0.4 is 25.6 Å². The van der Waals surface area contributed by atoms with Gasteiger partial charge in [-0.1, -0.05) is 39.7 Å². The van der Waals surface area contributed by atoms with Crippen LogP contribution in [0, 0.1) is 6.92 Å². The summed E-state index contributed by atoms with van der Waals surface area (Å²) in [4.78, 5) is 23.6. The summed E-state index contributed by atoms with van der Waals surface area (Å²) in [5.41, 5.74) is 5.60. The molecule has 0 saturated heterocycles. The predicted molar refractivity (Wildman–Crippen MR) is 113 cm³/mol. The lowest BCUT2D eigenvalue weighted by Gasteiger charge is -2.13. The van der Waals surface area contributed by atoms with Gasteiger partial charge in [-0.05, 0) is 55.0 Å². The maximum atomic E-state index is 11.9. The predicted octanol–water partition coefficient (Wildman–Crippen LogP) is 2.89. The highest BCUT2D eigenvalue weighted by Crippen LogP contribution is 2.23. The van der Waals surface area contributed by atoms with Crippen LogP contribution in [0.15, 0.2) is 46.9 Å². The summed E-state index contributed by atoms with van der Waals surface area (Å²) in [5.74, 6) is -0.00234. The van der Waals surface area contributed by atoms with Crippen LogP contribution in [0.5, 0.6) is 11.5 Å². The van der Waals surface area contributed by atoms with Crippen molar-refractivity contribution in [2.75, 3.05) is 13.2 Å². The Labute approximate surface area is 180 Å². The van der Waals surface area contributed by atoms with Crippen LogP contribution in [0.4, 0.5) is 0 Å². The van der Waals surface area contributed by atoms with Crippen molar-refractivity contribution in [1.29, 1.82) is 0 Å². The largest absolute Gasteiger partial charge is 0.483 e. The number of thiocarbonyl (C=S) groups is 1. The molecular weight excluding hydrogens is 470 g/mol. The van der Waals surface area contributed by atoms with Crippen molar-refractivity contribution in [3.8, 4) is 11.5 Å². The Morgan fingerprint density at radius 3 is 2.43 bits per heavy atom. The SMILES string of the molecule is Cc1cc(Br)ccc1OCC(=O)NC(=S)NNC(=O)COc1ccccc1Cl. The normalized spacial score (nSPS) is 9.96. The van der Waals surface area contributed by atoms with Crippen molar-refractivity contribution in [3.05, 3.63) is 57.5 Å². The fourth-order valence-electron chi connectivity index (χ4n) is 1.98. The quantitative estimate of drug-likeness (QED) is 0.430. The minimum absolute atomic E-state index is 0.0766. The average molecular weight is 487 g/mol. The van der Waals surface area contributed by atoms with Crippen LogP contribution in [0.1, 0.15) is 5.56 Å². The fraction of sp³-hybridized carbons (Fsp3) is 0.167. The van der Waals surface area contributed by atoms with E-state index < -0.39 is 11.8 Å². The van der Waals surface area contributed by atoms with E-state index in [1.54, 1.807) is 30.3 Å². The van der Waals surface area contributed by atoms with Crippen LogP contribution in [0.2, 0.25) is 5.02 Å². The third-order valence-corrected chi connectivity index (χ3v) is 4.27. The monoisotopic (exact) mass is 485 g/mol. The van der Waals surface area contributed by atoms with Gasteiger partial charge in [0.05, 0.1) is 5.02 Å². The standard InChI is InChI=1S/C18H17BrClN3O4S/c1-11-8-12(19)6-7-14(11)26-9-16(24)21-18(28)23-22-17(25)10-27-15-5-3-2-4-13(15)20/h2-8H,9-10H2,1H3,(H,22,25)(H2,21,23,24,28). The van der Waals surface area contributed by atoms with Gasteiger partial charge in [0, 0.05) is 4.47 Å². The highest BCUT2D eigenvalue weighted by Gasteiger charge is 2.09. The molecule has 2 aromatic rings. The molecule has 0 unspecified atom stereocenters. The first-order chi connectivity index (χ1) is 13.3. The van der Waals surface area contributed by atoms with E-state index in [1.165, 1.54) is 0 Å². The van der Waals surface area contributed by atoms with Crippen molar-refractivity contribution in [3.63, 3.8) is 0 Å². The van der Waals surface area contributed by atoms with Gasteiger partial charge in [0.1, 0.15) is 11.5 Å². The molecule has 0 aromatic heterocycles. The second-order valence-electron chi connectivity index (χ2n) is 5.47. The Kier molecular flexibility index (Phi) is 8.49. The number of halogens is 2. The molecule has 0 radical (unpaired) electrons. The maximum Gasteiger partial charge on any atom is 0.276 e. The molecule has 0 heterocycles. The number of ether oxygens (including phenoxy) is 2. The number of nitrogens with one attached hydrogen (secondary N) is 3. The van der Waals surface area contributed by atoms with E-state index in [2.05, 4.69) is 32.1 Å². The van der Waals surface area contributed by atoms with E-state index >= 15 is 0 Å². The molecule has 0 bridgehead atoms. The lowest BCUT2D eigenvalue weighted by atomic mass is 10.2.